The minimum Gasteiger partial charge on any atom is -0.435 e. The van der Waals surface area contributed by atoms with Crippen molar-refractivity contribution in [2.45, 2.75) is 38.8 Å². The molecule has 1 amide bonds. The molecular formula is C21H24F2N2O2. The molecule has 2 aromatic carbocycles. The molecule has 27 heavy (non-hydrogen) atoms. The van der Waals surface area contributed by atoms with Gasteiger partial charge in [0.05, 0.1) is 6.54 Å². The van der Waals surface area contributed by atoms with E-state index in [0.29, 0.717) is 25.6 Å². The Morgan fingerprint density at radius 3 is 2.70 bits per heavy atom. The maximum atomic E-state index is 12.4. The molecule has 1 N–H and O–H groups in total. The SMILES string of the molecule is C[C@H]1CCc2ccccc2N1CC(=O)NCCc1ccc(OC(F)F)cc1. The fraction of sp³-hybridized carbons (Fsp3) is 0.381. The number of hydrogen-bond acceptors (Lipinski definition) is 3. The van der Waals surface area contributed by atoms with Gasteiger partial charge in [-0.1, -0.05) is 30.3 Å². The molecule has 0 spiro atoms. The highest BCUT2D eigenvalue weighted by atomic mass is 19.3. The molecule has 144 valence electrons. The van der Waals surface area contributed by atoms with Crippen LogP contribution in [0.25, 0.3) is 0 Å². The molecule has 0 bridgehead atoms. The van der Waals surface area contributed by atoms with Gasteiger partial charge >= 0.3 is 6.61 Å². The van der Waals surface area contributed by atoms with Crippen LogP contribution in [0.5, 0.6) is 5.75 Å². The summed E-state index contributed by atoms with van der Waals surface area (Å²) >= 11 is 0. The first-order chi connectivity index (χ1) is 13.0. The van der Waals surface area contributed by atoms with Gasteiger partial charge in [-0.25, -0.2) is 0 Å². The van der Waals surface area contributed by atoms with Gasteiger partial charge in [-0.2, -0.15) is 8.78 Å². The number of aryl methyl sites for hydroxylation is 1. The molecule has 0 saturated carbocycles. The van der Waals surface area contributed by atoms with Crippen LogP contribution in [0.1, 0.15) is 24.5 Å². The summed E-state index contributed by atoms with van der Waals surface area (Å²) in [6, 6.07) is 15.0. The normalized spacial score (nSPS) is 16.1. The number of fused-ring (bicyclic) bond motifs is 1. The smallest absolute Gasteiger partial charge is 0.387 e. The standard InChI is InChI=1S/C21H24F2N2O2/c1-15-6-9-17-4-2-3-5-19(17)25(15)14-20(26)24-13-12-16-7-10-18(11-8-16)27-21(22)23/h2-5,7-8,10-11,15,21H,6,9,12-14H2,1H3,(H,24,26)/t15-/m0/s1. The van der Waals surface area contributed by atoms with Crippen LogP contribution in [0, 0.1) is 0 Å². The zero-order valence-corrected chi connectivity index (χ0v) is 15.3. The van der Waals surface area contributed by atoms with Crippen LogP contribution in [0.2, 0.25) is 0 Å². The molecule has 1 aliphatic rings. The van der Waals surface area contributed by atoms with E-state index in [0.717, 1.165) is 24.1 Å². The summed E-state index contributed by atoms with van der Waals surface area (Å²) in [4.78, 5) is 14.5. The molecular weight excluding hydrogens is 350 g/mol. The molecule has 2 aromatic rings. The maximum Gasteiger partial charge on any atom is 0.387 e. The Morgan fingerprint density at radius 2 is 1.96 bits per heavy atom. The summed E-state index contributed by atoms with van der Waals surface area (Å²) in [7, 11) is 0. The molecule has 0 aliphatic carbocycles. The number of carbonyl (C=O) groups excluding carboxylic acids is 1. The Morgan fingerprint density at radius 1 is 1.22 bits per heavy atom. The van der Waals surface area contributed by atoms with Gasteiger partial charge in [0, 0.05) is 18.3 Å². The summed E-state index contributed by atoms with van der Waals surface area (Å²) in [5, 5.41) is 2.94. The third kappa shape index (κ3) is 5.18. The molecule has 0 radical (unpaired) electrons. The van der Waals surface area contributed by atoms with Crippen molar-refractivity contribution in [1.29, 1.82) is 0 Å². The molecule has 0 fully saturated rings. The number of amides is 1. The second kappa shape index (κ2) is 8.84. The van der Waals surface area contributed by atoms with Gasteiger partial charge in [0.15, 0.2) is 0 Å². The Labute approximate surface area is 158 Å². The number of para-hydroxylation sites is 1. The molecule has 0 aromatic heterocycles. The highest BCUT2D eigenvalue weighted by Crippen LogP contribution is 2.29. The van der Waals surface area contributed by atoms with Crippen molar-refractivity contribution in [3.8, 4) is 5.75 Å². The summed E-state index contributed by atoms with van der Waals surface area (Å²) in [6.45, 7) is 0.154. The molecule has 0 unspecified atom stereocenters. The van der Waals surface area contributed by atoms with E-state index in [1.807, 2.05) is 12.1 Å². The second-order valence-corrected chi connectivity index (χ2v) is 6.77. The zero-order valence-electron chi connectivity index (χ0n) is 15.3. The highest BCUT2D eigenvalue weighted by Gasteiger charge is 2.24. The highest BCUT2D eigenvalue weighted by molar-refractivity contribution is 5.82. The van der Waals surface area contributed by atoms with Crippen molar-refractivity contribution in [3.05, 3.63) is 59.7 Å². The van der Waals surface area contributed by atoms with Gasteiger partial charge in [0.2, 0.25) is 5.91 Å². The first kappa shape index (κ1) is 19.1. The fourth-order valence-corrected chi connectivity index (χ4v) is 3.40. The van der Waals surface area contributed by atoms with E-state index in [1.54, 1.807) is 12.1 Å². The first-order valence-electron chi connectivity index (χ1n) is 9.18. The lowest BCUT2D eigenvalue weighted by molar-refractivity contribution is -0.119. The number of nitrogens with one attached hydrogen (secondary N) is 1. The summed E-state index contributed by atoms with van der Waals surface area (Å²) in [5.41, 5.74) is 3.38. The number of hydrogen-bond donors (Lipinski definition) is 1. The topological polar surface area (TPSA) is 41.6 Å². The third-order valence-electron chi connectivity index (χ3n) is 4.86. The van der Waals surface area contributed by atoms with Crippen LogP contribution in [-0.2, 0) is 17.6 Å². The molecule has 1 heterocycles. The van der Waals surface area contributed by atoms with Gasteiger partial charge in [-0.15, -0.1) is 0 Å². The van der Waals surface area contributed by atoms with Gasteiger partial charge in [-0.05, 0) is 55.5 Å². The molecule has 6 heteroatoms. The van der Waals surface area contributed by atoms with E-state index < -0.39 is 6.61 Å². The number of halogens is 2. The van der Waals surface area contributed by atoms with Crippen LogP contribution in [0.3, 0.4) is 0 Å². The average Bonchev–Trinajstić information content (AvgIpc) is 2.65. The number of rotatable bonds is 7. The molecule has 1 aliphatic heterocycles. The third-order valence-corrected chi connectivity index (χ3v) is 4.86. The molecule has 1 atom stereocenters. The Hall–Kier alpha value is -2.63. The summed E-state index contributed by atoms with van der Waals surface area (Å²) in [5.74, 6) is 0.117. The van der Waals surface area contributed by atoms with Crippen LogP contribution < -0.4 is 15.0 Å². The number of nitrogens with zero attached hydrogens (tertiary/aromatic N) is 1. The van der Waals surface area contributed by atoms with Crippen molar-refractivity contribution >= 4 is 11.6 Å². The quantitative estimate of drug-likeness (QED) is 0.802. The van der Waals surface area contributed by atoms with Crippen LogP contribution in [0.15, 0.2) is 48.5 Å². The Balaban J connectivity index is 1.49. The van der Waals surface area contributed by atoms with Gasteiger partial charge in [0.1, 0.15) is 5.75 Å². The largest absolute Gasteiger partial charge is 0.435 e. The molecule has 0 saturated heterocycles. The van der Waals surface area contributed by atoms with Gasteiger partial charge in [0.25, 0.3) is 0 Å². The average molecular weight is 374 g/mol. The number of anilines is 1. The summed E-state index contributed by atoms with van der Waals surface area (Å²) in [6.07, 6.45) is 2.71. The van der Waals surface area contributed by atoms with Crippen LogP contribution in [-0.4, -0.2) is 31.7 Å². The van der Waals surface area contributed by atoms with Crippen LogP contribution in [0.4, 0.5) is 14.5 Å². The number of carbonyl (C=O) groups is 1. The van der Waals surface area contributed by atoms with E-state index in [-0.39, 0.29) is 11.7 Å². The lowest BCUT2D eigenvalue weighted by atomic mass is 9.96. The summed E-state index contributed by atoms with van der Waals surface area (Å²) < 4.78 is 28.6. The monoisotopic (exact) mass is 374 g/mol. The first-order valence-corrected chi connectivity index (χ1v) is 9.18. The predicted octanol–water partition coefficient (Wildman–Crippen LogP) is 3.79. The van der Waals surface area contributed by atoms with Crippen molar-refractivity contribution in [3.63, 3.8) is 0 Å². The predicted molar refractivity (Wildman–Crippen MR) is 101 cm³/mol. The van der Waals surface area contributed by atoms with Crippen LogP contribution >= 0.6 is 0 Å². The molecule has 3 rings (SSSR count). The van der Waals surface area contributed by atoms with E-state index in [9.17, 15) is 13.6 Å². The Kier molecular flexibility index (Phi) is 6.27. The van der Waals surface area contributed by atoms with Crippen molar-refractivity contribution in [2.75, 3.05) is 18.0 Å². The number of alkyl halides is 2. The maximum absolute atomic E-state index is 12.4. The lowest BCUT2D eigenvalue weighted by Gasteiger charge is -2.36. The van der Waals surface area contributed by atoms with Crippen molar-refractivity contribution in [1.82, 2.24) is 5.32 Å². The fourth-order valence-electron chi connectivity index (χ4n) is 3.40. The Bertz CT molecular complexity index is 765. The van der Waals surface area contributed by atoms with Crippen molar-refractivity contribution in [2.24, 2.45) is 0 Å². The van der Waals surface area contributed by atoms with Crippen molar-refractivity contribution < 1.29 is 18.3 Å². The van der Waals surface area contributed by atoms with Gasteiger partial charge < -0.3 is 15.0 Å². The second-order valence-electron chi connectivity index (χ2n) is 6.77. The van der Waals surface area contributed by atoms with E-state index in [4.69, 9.17) is 0 Å². The number of ether oxygens (including phenoxy) is 1. The van der Waals surface area contributed by atoms with E-state index in [2.05, 4.69) is 34.0 Å². The minimum atomic E-state index is -2.82. The lowest BCUT2D eigenvalue weighted by Crippen LogP contribution is -2.44. The minimum absolute atomic E-state index is 0.0174. The number of benzene rings is 2. The molecule has 4 nitrogen and oxygen atoms in total. The van der Waals surface area contributed by atoms with E-state index in [1.165, 1.54) is 17.7 Å². The van der Waals surface area contributed by atoms with E-state index >= 15 is 0 Å². The van der Waals surface area contributed by atoms with Gasteiger partial charge in [-0.3, -0.25) is 4.79 Å². The zero-order chi connectivity index (χ0) is 19.2.